The molecule has 0 amide bonds. The molecule has 0 radical (unpaired) electrons. The third-order valence-corrected chi connectivity index (χ3v) is 5.41. The Balaban J connectivity index is 1.70. The lowest BCUT2D eigenvalue weighted by molar-refractivity contribution is 0.243. The van der Waals surface area contributed by atoms with E-state index >= 15 is 0 Å². The van der Waals surface area contributed by atoms with E-state index < -0.39 is 0 Å². The molecule has 0 saturated carbocycles. The summed E-state index contributed by atoms with van der Waals surface area (Å²) in [7, 11) is 6.29. The Bertz CT molecular complexity index is 761. The molecule has 2 aliphatic rings. The van der Waals surface area contributed by atoms with Crippen molar-refractivity contribution in [3.05, 3.63) is 65.2 Å². The van der Waals surface area contributed by atoms with Crippen molar-refractivity contribution in [2.75, 3.05) is 26.0 Å². The summed E-state index contributed by atoms with van der Waals surface area (Å²) in [4.78, 5) is 2.14. The molecule has 1 aliphatic heterocycles. The van der Waals surface area contributed by atoms with E-state index in [4.69, 9.17) is 5.10 Å². The fraction of sp³-hybridized carbons (Fsp3) is 0.381. The predicted molar refractivity (Wildman–Crippen MR) is 101 cm³/mol. The van der Waals surface area contributed by atoms with E-state index in [9.17, 15) is 0 Å². The second-order valence-corrected chi connectivity index (χ2v) is 7.15. The fourth-order valence-corrected chi connectivity index (χ4v) is 4.18. The van der Waals surface area contributed by atoms with E-state index in [-0.39, 0.29) is 0 Å². The summed E-state index contributed by atoms with van der Waals surface area (Å²) < 4.78 is 0. The minimum absolute atomic E-state index is 0.349. The van der Waals surface area contributed by atoms with Gasteiger partial charge >= 0.3 is 0 Å². The van der Waals surface area contributed by atoms with Crippen LogP contribution >= 0.6 is 0 Å². The van der Waals surface area contributed by atoms with Crippen LogP contribution in [0.2, 0.25) is 0 Å². The van der Waals surface area contributed by atoms with Gasteiger partial charge in [0, 0.05) is 38.3 Å². The van der Waals surface area contributed by atoms with Crippen LogP contribution in [0.15, 0.2) is 53.6 Å². The van der Waals surface area contributed by atoms with Gasteiger partial charge in [-0.15, -0.1) is 0 Å². The first kappa shape index (κ1) is 15.3. The molecule has 0 aromatic heterocycles. The van der Waals surface area contributed by atoms with Gasteiger partial charge in [-0.1, -0.05) is 36.4 Å². The number of anilines is 1. The average Bonchev–Trinajstić information content (AvgIpc) is 2.81. The summed E-state index contributed by atoms with van der Waals surface area (Å²) in [6, 6.07) is 18.1. The molecular weight excluding hydrogens is 294 g/mol. The van der Waals surface area contributed by atoms with Gasteiger partial charge in [0.25, 0.3) is 0 Å². The van der Waals surface area contributed by atoms with Crippen molar-refractivity contribution in [3.63, 3.8) is 0 Å². The van der Waals surface area contributed by atoms with Crippen molar-refractivity contribution in [1.29, 1.82) is 0 Å². The molecule has 2 atom stereocenters. The van der Waals surface area contributed by atoms with Gasteiger partial charge in [0.05, 0.1) is 11.8 Å². The summed E-state index contributed by atoms with van der Waals surface area (Å²) in [6.45, 7) is 0. The molecular formula is C21H25N3. The molecule has 0 saturated heterocycles. The van der Waals surface area contributed by atoms with Gasteiger partial charge in [0.2, 0.25) is 0 Å². The third-order valence-electron chi connectivity index (χ3n) is 5.41. The van der Waals surface area contributed by atoms with Crippen LogP contribution in [0.25, 0.3) is 0 Å². The summed E-state index contributed by atoms with van der Waals surface area (Å²) in [5.41, 5.74) is 6.71. The van der Waals surface area contributed by atoms with Gasteiger partial charge in [-0.3, -0.25) is 5.01 Å². The molecule has 2 aromatic rings. The molecule has 3 nitrogen and oxygen atoms in total. The second kappa shape index (κ2) is 5.97. The smallest absolute Gasteiger partial charge is 0.0801 e. The van der Waals surface area contributed by atoms with Gasteiger partial charge in [-0.25, -0.2) is 0 Å². The van der Waals surface area contributed by atoms with Gasteiger partial charge in [0.15, 0.2) is 0 Å². The number of hydrogen-bond donors (Lipinski definition) is 0. The Morgan fingerprint density at radius 1 is 1.04 bits per heavy atom. The van der Waals surface area contributed by atoms with Gasteiger partial charge in [-0.05, 0) is 42.5 Å². The van der Waals surface area contributed by atoms with E-state index in [2.05, 4.69) is 79.6 Å². The zero-order valence-corrected chi connectivity index (χ0v) is 14.7. The van der Waals surface area contributed by atoms with Crippen molar-refractivity contribution < 1.29 is 0 Å². The second-order valence-electron chi connectivity index (χ2n) is 7.15. The summed E-state index contributed by atoms with van der Waals surface area (Å²) >= 11 is 0. The maximum atomic E-state index is 4.97. The Morgan fingerprint density at radius 3 is 2.54 bits per heavy atom. The molecule has 1 heterocycles. The highest BCUT2D eigenvalue weighted by Gasteiger charge is 2.38. The quantitative estimate of drug-likeness (QED) is 0.830. The molecule has 0 bridgehead atoms. The first-order chi connectivity index (χ1) is 11.6. The lowest BCUT2D eigenvalue weighted by Gasteiger charge is -2.26. The number of hydrazone groups is 1. The first-order valence-corrected chi connectivity index (χ1v) is 8.82. The largest absolute Gasteiger partial charge is 0.378 e. The van der Waals surface area contributed by atoms with Crippen LogP contribution in [0, 0.1) is 5.92 Å². The van der Waals surface area contributed by atoms with E-state index in [0.717, 1.165) is 0 Å². The molecule has 124 valence electrons. The van der Waals surface area contributed by atoms with Gasteiger partial charge in [-0.2, -0.15) is 5.10 Å². The number of aryl methyl sites for hydroxylation is 1. The van der Waals surface area contributed by atoms with Crippen molar-refractivity contribution in [1.82, 2.24) is 5.01 Å². The van der Waals surface area contributed by atoms with Crippen LogP contribution in [-0.2, 0) is 6.42 Å². The first-order valence-electron chi connectivity index (χ1n) is 8.82. The van der Waals surface area contributed by atoms with E-state index in [1.807, 2.05) is 0 Å². The minimum Gasteiger partial charge on any atom is -0.378 e. The van der Waals surface area contributed by atoms with Crippen molar-refractivity contribution in [2.24, 2.45) is 11.0 Å². The van der Waals surface area contributed by atoms with E-state index in [1.54, 1.807) is 0 Å². The lowest BCUT2D eigenvalue weighted by atomic mass is 9.85. The van der Waals surface area contributed by atoms with Crippen molar-refractivity contribution >= 4 is 11.4 Å². The molecule has 0 N–H and O–H groups in total. The SMILES string of the molecule is CN(C)c1ccc([C@@H]2[C@@H]3CCCc4ccccc4C3=NN2C)cc1. The number of fused-ring (bicyclic) bond motifs is 3. The Hall–Kier alpha value is -2.29. The molecule has 0 fully saturated rings. The highest BCUT2D eigenvalue weighted by molar-refractivity contribution is 6.05. The minimum atomic E-state index is 0.349. The molecule has 1 aliphatic carbocycles. The molecule has 0 unspecified atom stereocenters. The molecule has 2 aromatic carbocycles. The van der Waals surface area contributed by atoms with E-state index in [1.165, 1.54) is 47.4 Å². The Kier molecular flexibility index (Phi) is 3.79. The third kappa shape index (κ3) is 2.48. The Morgan fingerprint density at radius 2 is 1.79 bits per heavy atom. The summed E-state index contributed by atoms with van der Waals surface area (Å²) in [5, 5.41) is 7.14. The fourth-order valence-electron chi connectivity index (χ4n) is 4.18. The summed E-state index contributed by atoms with van der Waals surface area (Å²) in [6.07, 6.45) is 3.61. The predicted octanol–water partition coefficient (Wildman–Crippen LogP) is 4.10. The highest BCUT2D eigenvalue weighted by Crippen LogP contribution is 2.41. The maximum Gasteiger partial charge on any atom is 0.0801 e. The average molecular weight is 319 g/mol. The lowest BCUT2D eigenvalue weighted by Crippen LogP contribution is -2.23. The van der Waals surface area contributed by atoms with Crippen LogP contribution in [0.1, 0.15) is 35.6 Å². The summed E-state index contributed by atoms with van der Waals surface area (Å²) in [5.74, 6) is 0.490. The maximum absolute atomic E-state index is 4.97. The molecule has 24 heavy (non-hydrogen) atoms. The highest BCUT2D eigenvalue weighted by atomic mass is 15.5. The standard InChI is InChI=1S/C21H25N3/c1-23(2)17-13-11-16(12-14-17)21-19-10-6-8-15-7-4-5-9-18(15)20(19)22-24(21)3/h4-5,7,9,11-14,19,21H,6,8,10H2,1-3H3/t19-,21-/m1/s1. The number of benzene rings is 2. The van der Waals surface area contributed by atoms with E-state index in [0.29, 0.717) is 12.0 Å². The molecule has 0 spiro atoms. The number of nitrogens with zero attached hydrogens (tertiary/aromatic N) is 3. The van der Waals surface area contributed by atoms with Crippen LogP contribution in [0.3, 0.4) is 0 Å². The van der Waals surface area contributed by atoms with Crippen LogP contribution in [-0.4, -0.2) is 31.9 Å². The molecule has 4 rings (SSSR count). The van der Waals surface area contributed by atoms with Crippen LogP contribution < -0.4 is 4.90 Å². The topological polar surface area (TPSA) is 18.8 Å². The van der Waals surface area contributed by atoms with Gasteiger partial charge < -0.3 is 4.90 Å². The van der Waals surface area contributed by atoms with Crippen LogP contribution in [0.4, 0.5) is 5.69 Å². The normalized spacial score (nSPS) is 22.5. The number of hydrogen-bond acceptors (Lipinski definition) is 3. The van der Waals surface area contributed by atoms with Crippen LogP contribution in [0.5, 0.6) is 0 Å². The number of rotatable bonds is 2. The van der Waals surface area contributed by atoms with Crippen molar-refractivity contribution in [3.8, 4) is 0 Å². The zero-order valence-electron chi connectivity index (χ0n) is 14.7. The zero-order chi connectivity index (χ0) is 16.7. The van der Waals surface area contributed by atoms with Gasteiger partial charge in [0.1, 0.15) is 0 Å². The monoisotopic (exact) mass is 319 g/mol. The van der Waals surface area contributed by atoms with Crippen molar-refractivity contribution in [2.45, 2.75) is 25.3 Å². The Labute approximate surface area is 144 Å². The molecule has 3 heteroatoms.